The number of rotatable bonds is 7. The molecule has 3 rings (SSSR count). The molecule has 0 saturated heterocycles. The van der Waals surface area contributed by atoms with Crippen LogP contribution in [0.5, 0.6) is 5.75 Å². The van der Waals surface area contributed by atoms with Crippen LogP contribution in [0, 0.1) is 5.92 Å². The Hall–Kier alpha value is -2.67. The van der Waals surface area contributed by atoms with Crippen LogP contribution in [0.25, 0.3) is 11.3 Å². The summed E-state index contributed by atoms with van der Waals surface area (Å²) in [6.07, 6.45) is 3.80. The number of carbonyl (C=O) groups excluding carboxylic acids is 1. The van der Waals surface area contributed by atoms with Crippen molar-refractivity contribution in [3.05, 3.63) is 41.0 Å². The molecule has 148 valence electrons. The van der Waals surface area contributed by atoms with Crippen molar-refractivity contribution in [3.8, 4) is 17.0 Å². The molecule has 0 atom stereocenters. The Bertz CT molecular complexity index is 969. The molecule has 7 heteroatoms. The molecule has 0 unspecified atom stereocenters. The first-order valence-corrected chi connectivity index (χ1v) is 10.3. The van der Waals surface area contributed by atoms with Crippen LogP contribution >= 0.6 is 11.3 Å². The zero-order valence-electron chi connectivity index (χ0n) is 16.6. The summed E-state index contributed by atoms with van der Waals surface area (Å²) in [6, 6.07) is 5.77. The molecule has 6 nitrogen and oxygen atoms in total. The lowest BCUT2D eigenvalue weighted by atomic mass is 10.1. The lowest BCUT2D eigenvalue weighted by molar-refractivity contribution is -0.118. The van der Waals surface area contributed by atoms with Crippen LogP contribution < -0.4 is 14.9 Å². The number of anilines is 1. The van der Waals surface area contributed by atoms with Crippen molar-refractivity contribution in [1.29, 1.82) is 0 Å². The highest BCUT2D eigenvalue weighted by atomic mass is 32.1. The van der Waals surface area contributed by atoms with E-state index in [9.17, 15) is 4.79 Å². The second-order valence-electron chi connectivity index (χ2n) is 7.16. The molecule has 1 amide bonds. The van der Waals surface area contributed by atoms with Gasteiger partial charge in [0.05, 0.1) is 17.9 Å². The number of fused-ring (bicyclic) bond motifs is 1. The molecule has 0 radical (unpaired) electrons. The van der Waals surface area contributed by atoms with Crippen LogP contribution in [0.3, 0.4) is 0 Å². The Labute approximate surface area is 169 Å². The molecule has 1 aliphatic rings. The van der Waals surface area contributed by atoms with Gasteiger partial charge in [-0.1, -0.05) is 19.9 Å². The van der Waals surface area contributed by atoms with Crippen molar-refractivity contribution in [2.45, 2.75) is 33.6 Å². The van der Waals surface area contributed by atoms with Crippen LogP contribution in [0.15, 0.2) is 46.3 Å². The first-order valence-electron chi connectivity index (χ1n) is 9.41. The van der Waals surface area contributed by atoms with E-state index in [1.54, 1.807) is 6.08 Å². The number of nitrogens with one attached hydrogen (secondary N) is 1. The number of amides is 1. The number of nitrogens with zero attached hydrogens (tertiary/aromatic N) is 3. The van der Waals surface area contributed by atoms with Gasteiger partial charge in [0.2, 0.25) is 4.80 Å². The third kappa shape index (κ3) is 4.78. The zero-order valence-corrected chi connectivity index (χ0v) is 17.4. The van der Waals surface area contributed by atoms with Gasteiger partial charge >= 0.3 is 0 Å². The first kappa shape index (κ1) is 20.1. The normalized spacial score (nSPS) is 14.6. The molecule has 28 heavy (non-hydrogen) atoms. The number of hydrogen-bond donors (Lipinski definition) is 1. The topological polar surface area (TPSA) is 68.0 Å². The van der Waals surface area contributed by atoms with E-state index in [4.69, 9.17) is 9.84 Å². The maximum Gasteiger partial charge on any atom is 0.262 e. The number of carbonyl (C=O) groups is 1. The second kappa shape index (κ2) is 9.01. The molecular formula is C21H26N4O2S. The Morgan fingerprint density at radius 1 is 1.46 bits per heavy atom. The maximum absolute atomic E-state index is 11.6. The monoisotopic (exact) mass is 398 g/mol. The Balaban J connectivity index is 2.03. The van der Waals surface area contributed by atoms with Crippen molar-refractivity contribution >= 4 is 28.6 Å². The molecule has 0 aliphatic carbocycles. The van der Waals surface area contributed by atoms with Gasteiger partial charge in [-0.2, -0.15) is 5.10 Å². The molecular weight excluding hydrogens is 372 g/mol. The van der Waals surface area contributed by atoms with Gasteiger partial charge in [-0.3, -0.25) is 9.79 Å². The predicted octanol–water partition coefficient (Wildman–Crippen LogP) is 4.29. The second-order valence-corrected chi connectivity index (χ2v) is 8.00. The van der Waals surface area contributed by atoms with Gasteiger partial charge in [-0.05, 0) is 43.9 Å². The highest BCUT2D eigenvalue weighted by molar-refractivity contribution is 7.07. The Morgan fingerprint density at radius 2 is 2.29 bits per heavy atom. The van der Waals surface area contributed by atoms with Gasteiger partial charge in [-0.25, -0.2) is 4.68 Å². The molecule has 1 aromatic heterocycles. The SMILES string of the molecule is C=CCN=c1scc(-c2ccc3c(c2)NC(=O)CO3)n1N=C(C)CCC(C)C. The fraction of sp³-hybridized carbons (Fsp3) is 0.381. The maximum atomic E-state index is 11.6. The molecule has 2 heterocycles. The summed E-state index contributed by atoms with van der Waals surface area (Å²) in [7, 11) is 0. The molecule has 1 N–H and O–H groups in total. The minimum atomic E-state index is -0.146. The Morgan fingerprint density at radius 3 is 3.04 bits per heavy atom. The number of hydrogen-bond acceptors (Lipinski definition) is 5. The fourth-order valence-corrected chi connectivity index (χ4v) is 3.65. The lowest BCUT2D eigenvalue weighted by Crippen LogP contribution is -2.25. The first-order chi connectivity index (χ1) is 13.5. The quantitative estimate of drug-likeness (QED) is 0.558. The average molecular weight is 399 g/mol. The van der Waals surface area contributed by atoms with E-state index in [0.29, 0.717) is 23.9 Å². The standard InChI is InChI=1S/C21H26N4O2S/c1-5-10-22-21-25(24-15(4)7-6-14(2)3)18(13-28-21)16-8-9-19-17(11-16)23-20(26)12-27-19/h5,8-9,11,13-14H,1,6-7,10,12H2,2-4H3,(H,23,26). The number of aromatic nitrogens is 1. The van der Waals surface area contributed by atoms with E-state index >= 15 is 0 Å². The van der Waals surface area contributed by atoms with Gasteiger partial charge in [-0.15, -0.1) is 17.9 Å². The van der Waals surface area contributed by atoms with Gasteiger partial charge in [0, 0.05) is 16.7 Å². The van der Waals surface area contributed by atoms with Gasteiger partial charge < -0.3 is 10.1 Å². The number of thiazole rings is 1. The van der Waals surface area contributed by atoms with E-state index < -0.39 is 0 Å². The summed E-state index contributed by atoms with van der Waals surface area (Å²) in [5.41, 5.74) is 3.61. The summed E-state index contributed by atoms with van der Waals surface area (Å²) in [6.45, 7) is 10.8. The third-order valence-electron chi connectivity index (χ3n) is 4.30. The zero-order chi connectivity index (χ0) is 20.1. The van der Waals surface area contributed by atoms with Gasteiger partial charge in [0.15, 0.2) is 6.61 Å². The molecule has 0 saturated carbocycles. The van der Waals surface area contributed by atoms with E-state index in [1.165, 1.54) is 11.3 Å². The molecule has 1 aliphatic heterocycles. The van der Waals surface area contributed by atoms with E-state index in [0.717, 1.165) is 34.6 Å². The van der Waals surface area contributed by atoms with Gasteiger partial charge in [0.25, 0.3) is 5.91 Å². The third-order valence-corrected chi connectivity index (χ3v) is 5.16. The number of benzene rings is 1. The summed E-state index contributed by atoms with van der Waals surface area (Å²) < 4.78 is 7.35. The van der Waals surface area contributed by atoms with Gasteiger partial charge in [0.1, 0.15) is 5.75 Å². The number of ether oxygens (including phenoxy) is 1. The predicted molar refractivity (Wildman–Crippen MR) is 115 cm³/mol. The van der Waals surface area contributed by atoms with Crippen molar-refractivity contribution in [1.82, 2.24) is 4.68 Å². The smallest absolute Gasteiger partial charge is 0.262 e. The van der Waals surface area contributed by atoms with Crippen molar-refractivity contribution in [2.24, 2.45) is 16.0 Å². The van der Waals surface area contributed by atoms with Crippen molar-refractivity contribution in [2.75, 3.05) is 18.5 Å². The lowest BCUT2D eigenvalue weighted by Gasteiger charge is -2.18. The molecule has 1 aromatic carbocycles. The van der Waals surface area contributed by atoms with Crippen LogP contribution in [0.4, 0.5) is 5.69 Å². The largest absolute Gasteiger partial charge is 0.482 e. The van der Waals surface area contributed by atoms with Crippen molar-refractivity contribution < 1.29 is 9.53 Å². The highest BCUT2D eigenvalue weighted by Crippen LogP contribution is 2.32. The molecule has 0 fully saturated rings. The summed E-state index contributed by atoms with van der Waals surface area (Å²) in [5.74, 6) is 1.16. The molecule has 0 spiro atoms. The van der Waals surface area contributed by atoms with E-state index in [-0.39, 0.29) is 12.5 Å². The fourth-order valence-electron chi connectivity index (χ4n) is 2.81. The van der Waals surface area contributed by atoms with Crippen LogP contribution in [-0.2, 0) is 4.79 Å². The highest BCUT2D eigenvalue weighted by Gasteiger charge is 2.18. The van der Waals surface area contributed by atoms with Crippen molar-refractivity contribution in [3.63, 3.8) is 0 Å². The van der Waals surface area contributed by atoms with E-state index in [1.807, 2.05) is 28.3 Å². The van der Waals surface area contributed by atoms with E-state index in [2.05, 4.69) is 37.7 Å². The average Bonchev–Trinajstić information content (AvgIpc) is 3.06. The van der Waals surface area contributed by atoms with Crippen LogP contribution in [0.2, 0.25) is 0 Å². The summed E-state index contributed by atoms with van der Waals surface area (Å²) in [5, 5.41) is 9.74. The summed E-state index contributed by atoms with van der Waals surface area (Å²) in [4.78, 5) is 17.0. The Kier molecular flexibility index (Phi) is 6.46. The minimum Gasteiger partial charge on any atom is -0.482 e. The minimum absolute atomic E-state index is 0.0503. The molecule has 2 aromatic rings. The molecule has 0 bridgehead atoms. The van der Waals surface area contributed by atoms with Crippen LogP contribution in [0.1, 0.15) is 33.6 Å². The van der Waals surface area contributed by atoms with Crippen LogP contribution in [-0.4, -0.2) is 29.4 Å². The summed E-state index contributed by atoms with van der Waals surface area (Å²) >= 11 is 1.54.